The van der Waals surface area contributed by atoms with Crippen molar-refractivity contribution in [3.63, 3.8) is 0 Å². The Morgan fingerprint density at radius 3 is 2.82 bits per heavy atom. The highest BCUT2D eigenvalue weighted by Crippen LogP contribution is 2.24. The molecule has 0 radical (unpaired) electrons. The highest BCUT2D eigenvalue weighted by molar-refractivity contribution is 5.88. The van der Waals surface area contributed by atoms with Crippen LogP contribution in [-0.2, 0) is 6.42 Å². The van der Waals surface area contributed by atoms with Gasteiger partial charge in [-0.1, -0.05) is 0 Å². The molecule has 92 valence electrons. The first kappa shape index (κ1) is 11.6. The summed E-state index contributed by atoms with van der Waals surface area (Å²) in [6.45, 7) is 1.27. The molecular weight excluding hydrogens is 224 g/mol. The highest BCUT2D eigenvalue weighted by Gasteiger charge is 2.22. The summed E-state index contributed by atoms with van der Waals surface area (Å²) in [4.78, 5) is 21.2. The van der Waals surface area contributed by atoms with Crippen molar-refractivity contribution in [2.24, 2.45) is 11.2 Å². The normalized spacial score (nSPS) is 17.1. The summed E-state index contributed by atoms with van der Waals surface area (Å²) in [5.41, 5.74) is 0.237. The minimum Gasteiger partial charge on any atom is -0.478 e. The number of nitroso groups, excluding NO2 is 1. The van der Waals surface area contributed by atoms with Crippen LogP contribution in [0.1, 0.15) is 29.0 Å². The van der Waals surface area contributed by atoms with Gasteiger partial charge in [-0.3, -0.25) is 5.01 Å². The first-order valence-corrected chi connectivity index (χ1v) is 5.58. The first-order chi connectivity index (χ1) is 8.20. The van der Waals surface area contributed by atoms with Crippen LogP contribution in [-0.4, -0.2) is 29.2 Å². The van der Waals surface area contributed by atoms with Crippen LogP contribution in [0.3, 0.4) is 0 Å². The zero-order chi connectivity index (χ0) is 12.3. The Bertz CT molecular complexity index is 407. The molecule has 0 bridgehead atoms. The largest absolute Gasteiger partial charge is 0.478 e. The lowest BCUT2D eigenvalue weighted by atomic mass is 9.92. The monoisotopic (exact) mass is 238 g/mol. The molecule has 6 nitrogen and oxygen atoms in total. The van der Waals surface area contributed by atoms with Crippen molar-refractivity contribution < 1.29 is 14.3 Å². The van der Waals surface area contributed by atoms with Gasteiger partial charge in [0.25, 0.3) is 0 Å². The molecule has 0 atom stereocenters. The average Bonchev–Trinajstić information content (AvgIpc) is 2.78. The number of carboxylic acid groups (broad SMARTS) is 1. The molecule has 1 aliphatic heterocycles. The molecule has 1 aromatic rings. The van der Waals surface area contributed by atoms with E-state index in [0.29, 0.717) is 31.2 Å². The summed E-state index contributed by atoms with van der Waals surface area (Å²) in [7, 11) is 0. The third kappa shape index (κ3) is 2.64. The second kappa shape index (κ2) is 4.99. The number of hydrogen-bond donors (Lipinski definition) is 1. The number of carbonyl (C=O) groups is 1. The van der Waals surface area contributed by atoms with E-state index in [1.54, 1.807) is 0 Å². The second-order valence-corrected chi connectivity index (χ2v) is 4.25. The molecule has 0 unspecified atom stereocenters. The van der Waals surface area contributed by atoms with Crippen LogP contribution in [0, 0.1) is 10.8 Å². The van der Waals surface area contributed by atoms with Crippen LogP contribution < -0.4 is 0 Å². The van der Waals surface area contributed by atoms with Gasteiger partial charge in [0.1, 0.15) is 11.3 Å². The second-order valence-electron chi connectivity index (χ2n) is 4.25. The molecule has 6 heteroatoms. The Hall–Kier alpha value is -1.85. The van der Waals surface area contributed by atoms with Gasteiger partial charge in [0.2, 0.25) is 0 Å². The van der Waals surface area contributed by atoms with E-state index >= 15 is 0 Å². The molecule has 1 N–H and O–H groups in total. The van der Waals surface area contributed by atoms with E-state index in [-0.39, 0.29) is 5.56 Å². The predicted molar refractivity (Wildman–Crippen MR) is 59.5 cm³/mol. The summed E-state index contributed by atoms with van der Waals surface area (Å²) >= 11 is 0. The van der Waals surface area contributed by atoms with Gasteiger partial charge in [0.05, 0.1) is 11.5 Å². The standard InChI is InChI=1S/C11H14N2O4/c14-11(15)9-3-6-17-10(9)7-8-1-4-13(12-16)5-2-8/h3,6,8H,1-2,4-5,7H2,(H,14,15). The minimum absolute atomic E-state index is 0.237. The Labute approximate surface area is 98.2 Å². The molecule has 2 rings (SSSR count). The van der Waals surface area contributed by atoms with Crippen LogP contribution in [0.2, 0.25) is 0 Å². The van der Waals surface area contributed by atoms with E-state index in [2.05, 4.69) is 5.29 Å². The SMILES string of the molecule is O=NN1CCC(Cc2occc2C(=O)O)CC1. The number of rotatable bonds is 4. The van der Waals surface area contributed by atoms with Gasteiger partial charge in [-0.25, -0.2) is 4.79 Å². The molecule has 2 heterocycles. The maximum absolute atomic E-state index is 10.9. The molecular formula is C11H14N2O4. The van der Waals surface area contributed by atoms with Gasteiger partial charge in [-0.2, -0.15) is 0 Å². The zero-order valence-corrected chi connectivity index (χ0v) is 9.33. The Morgan fingerprint density at radius 1 is 1.53 bits per heavy atom. The molecule has 1 aliphatic rings. The van der Waals surface area contributed by atoms with Crippen molar-refractivity contribution in [2.45, 2.75) is 19.3 Å². The van der Waals surface area contributed by atoms with E-state index in [4.69, 9.17) is 9.52 Å². The number of nitrogens with zero attached hydrogens (tertiary/aromatic N) is 2. The molecule has 17 heavy (non-hydrogen) atoms. The first-order valence-electron chi connectivity index (χ1n) is 5.58. The molecule has 1 fully saturated rings. The van der Waals surface area contributed by atoms with Gasteiger partial charge < -0.3 is 9.52 Å². The fourth-order valence-corrected chi connectivity index (χ4v) is 2.16. The van der Waals surface area contributed by atoms with E-state index < -0.39 is 5.97 Å². The van der Waals surface area contributed by atoms with Crippen LogP contribution in [0.15, 0.2) is 22.0 Å². The summed E-state index contributed by atoms with van der Waals surface area (Å²) in [6.07, 6.45) is 3.69. The van der Waals surface area contributed by atoms with Crippen molar-refractivity contribution >= 4 is 5.97 Å². The Morgan fingerprint density at radius 2 is 2.24 bits per heavy atom. The smallest absolute Gasteiger partial charge is 0.339 e. The lowest BCUT2D eigenvalue weighted by Crippen LogP contribution is -2.30. The van der Waals surface area contributed by atoms with Gasteiger partial charge in [0.15, 0.2) is 0 Å². The number of carboxylic acids is 1. The van der Waals surface area contributed by atoms with Crippen LogP contribution >= 0.6 is 0 Å². The maximum atomic E-state index is 10.9. The lowest BCUT2D eigenvalue weighted by molar-refractivity contribution is 0.0693. The number of hydrogen-bond acceptors (Lipinski definition) is 4. The van der Waals surface area contributed by atoms with Crippen LogP contribution in [0.25, 0.3) is 0 Å². The number of aromatic carboxylic acids is 1. The van der Waals surface area contributed by atoms with Gasteiger partial charge in [0, 0.05) is 19.5 Å². The number of piperidine rings is 1. The Kier molecular flexibility index (Phi) is 3.41. The summed E-state index contributed by atoms with van der Waals surface area (Å²) in [5.74, 6) is -0.0759. The van der Waals surface area contributed by atoms with Crippen LogP contribution in [0.4, 0.5) is 0 Å². The third-order valence-electron chi connectivity index (χ3n) is 3.16. The van der Waals surface area contributed by atoms with Crippen molar-refractivity contribution in [3.8, 4) is 0 Å². The fraction of sp³-hybridized carbons (Fsp3) is 0.545. The van der Waals surface area contributed by atoms with Crippen molar-refractivity contribution in [1.82, 2.24) is 5.01 Å². The zero-order valence-electron chi connectivity index (χ0n) is 9.33. The molecule has 1 aromatic heterocycles. The molecule has 0 aromatic carbocycles. The minimum atomic E-state index is -0.958. The van der Waals surface area contributed by atoms with Crippen molar-refractivity contribution in [1.29, 1.82) is 0 Å². The molecule has 0 amide bonds. The quantitative estimate of drug-likeness (QED) is 0.810. The fourth-order valence-electron chi connectivity index (χ4n) is 2.16. The van der Waals surface area contributed by atoms with Gasteiger partial charge in [-0.15, -0.1) is 4.91 Å². The summed E-state index contributed by atoms with van der Waals surface area (Å²) < 4.78 is 5.20. The van der Waals surface area contributed by atoms with E-state index in [1.165, 1.54) is 17.3 Å². The molecule has 0 spiro atoms. The molecule has 1 saturated heterocycles. The number of furan rings is 1. The van der Waals surface area contributed by atoms with Crippen molar-refractivity contribution in [3.05, 3.63) is 28.6 Å². The molecule has 0 saturated carbocycles. The third-order valence-corrected chi connectivity index (χ3v) is 3.16. The van der Waals surface area contributed by atoms with Crippen molar-refractivity contribution in [2.75, 3.05) is 13.1 Å². The van der Waals surface area contributed by atoms with Gasteiger partial charge in [-0.05, 0) is 24.8 Å². The summed E-state index contributed by atoms with van der Waals surface area (Å²) in [6, 6.07) is 1.47. The maximum Gasteiger partial charge on any atom is 0.339 e. The average molecular weight is 238 g/mol. The van der Waals surface area contributed by atoms with Gasteiger partial charge >= 0.3 is 5.97 Å². The van der Waals surface area contributed by atoms with E-state index in [9.17, 15) is 9.70 Å². The lowest BCUT2D eigenvalue weighted by Gasteiger charge is -2.27. The highest BCUT2D eigenvalue weighted by atomic mass is 16.4. The predicted octanol–water partition coefficient (Wildman–Crippen LogP) is 1.91. The Balaban J connectivity index is 1.95. The molecule has 0 aliphatic carbocycles. The topological polar surface area (TPSA) is 83.1 Å². The summed E-state index contributed by atoms with van der Waals surface area (Å²) in [5, 5.41) is 13.3. The van der Waals surface area contributed by atoms with E-state index in [0.717, 1.165) is 12.8 Å². The van der Waals surface area contributed by atoms with E-state index in [1.807, 2.05) is 0 Å². The van der Waals surface area contributed by atoms with Crippen LogP contribution in [0.5, 0.6) is 0 Å².